The van der Waals surface area contributed by atoms with Gasteiger partial charge in [-0.1, -0.05) is 133 Å². The fourth-order valence-electron chi connectivity index (χ4n) is 8.29. The van der Waals surface area contributed by atoms with Crippen molar-refractivity contribution in [2.45, 2.75) is 0 Å². The maximum atomic E-state index is 5.44. The normalized spacial score (nSPS) is 11.7. The van der Waals surface area contributed by atoms with Crippen LogP contribution in [-0.2, 0) is 0 Å². The van der Waals surface area contributed by atoms with E-state index in [0.717, 1.165) is 67.1 Å². The molecule has 0 N–H and O–H groups in total. The molecule has 8 aromatic carbocycles. The Morgan fingerprint density at radius 3 is 1.76 bits per heavy atom. The minimum Gasteiger partial charge on any atom is -0.309 e. The predicted octanol–water partition coefficient (Wildman–Crippen LogP) is 12.8. The van der Waals surface area contributed by atoms with E-state index in [1.54, 1.807) is 0 Å². The second kappa shape index (κ2) is 12.1. The van der Waals surface area contributed by atoms with Crippen LogP contribution < -0.4 is 0 Å². The molecule has 4 heteroatoms. The highest BCUT2D eigenvalue weighted by atomic mass is 15.1. The summed E-state index contributed by atoms with van der Waals surface area (Å²) in [6.07, 6.45) is 0. The van der Waals surface area contributed by atoms with Gasteiger partial charge in [0.25, 0.3) is 0 Å². The highest BCUT2D eigenvalue weighted by Gasteiger charge is 2.20. The smallest absolute Gasteiger partial charge is 0.145 e. The first-order chi connectivity index (χ1) is 26.8. The molecule has 0 aliphatic carbocycles. The zero-order valence-electron chi connectivity index (χ0n) is 29.3. The molecule has 3 heterocycles. The Kier molecular flexibility index (Phi) is 6.82. The van der Waals surface area contributed by atoms with Gasteiger partial charge in [0.15, 0.2) is 0 Å². The monoisotopic (exact) mass is 688 g/mol. The van der Waals surface area contributed by atoms with Gasteiger partial charge in [0.05, 0.1) is 33.3 Å². The Labute approximate surface area is 311 Å². The maximum absolute atomic E-state index is 5.44. The second-order valence-corrected chi connectivity index (χ2v) is 13.8. The van der Waals surface area contributed by atoms with E-state index < -0.39 is 0 Å². The molecule has 3 aromatic heterocycles. The van der Waals surface area contributed by atoms with Crippen LogP contribution in [0, 0.1) is 0 Å². The number of rotatable bonds is 5. The van der Waals surface area contributed by atoms with Gasteiger partial charge in [-0.3, -0.25) is 4.57 Å². The Morgan fingerprint density at radius 1 is 0.315 bits per heavy atom. The molecule has 54 heavy (non-hydrogen) atoms. The minimum atomic E-state index is 0.931. The van der Waals surface area contributed by atoms with Crippen LogP contribution in [0.5, 0.6) is 0 Å². The van der Waals surface area contributed by atoms with Crippen LogP contribution in [0.4, 0.5) is 0 Å². The largest absolute Gasteiger partial charge is 0.309 e. The van der Waals surface area contributed by atoms with Crippen LogP contribution in [0.2, 0.25) is 0 Å². The van der Waals surface area contributed by atoms with Crippen LogP contribution in [0.3, 0.4) is 0 Å². The number of pyridine rings is 1. The standard InChI is InChI=1S/C50H32N4/c1-3-14-34(15-4-1)50-52-43-23-10-12-25-45(43)54(50)38-28-26-33(27-29-38)35-16-13-17-36(32-35)49-48-40(39-20-7-9-22-42(39)51-49)30-31-46-47(48)41-21-8-11-24-44(41)53(46)37-18-5-2-6-19-37/h1-32H. The van der Waals surface area contributed by atoms with Crippen molar-refractivity contribution in [2.75, 3.05) is 0 Å². The average Bonchev–Trinajstić information content (AvgIpc) is 3.81. The van der Waals surface area contributed by atoms with Gasteiger partial charge in [0, 0.05) is 44.0 Å². The Balaban J connectivity index is 1.10. The fourth-order valence-corrected chi connectivity index (χ4v) is 8.29. The van der Waals surface area contributed by atoms with Crippen molar-refractivity contribution in [2.24, 2.45) is 0 Å². The molecular formula is C50H32N4. The highest BCUT2D eigenvalue weighted by Crippen LogP contribution is 2.43. The molecule has 0 aliphatic rings. The molecule has 0 radical (unpaired) electrons. The van der Waals surface area contributed by atoms with Crippen molar-refractivity contribution in [3.63, 3.8) is 0 Å². The van der Waals surface area contributed by atoms with Crippen molar-refractivity contribution in [1.82, 2.24) is 19.1 Å². The molecule has 0 saturated carbocycles. The molecule has 0 amide bonds. The second-order valence-electron chi connectivity index (χ2n) is 13.8. The van der Waals surface area contributed by atoms with Crippen molar-refractivity contribution in [1.29, 1.82) is 0 Å². The minimum absolute atomic E-state index is 0.931. The summed E-state index contributed by atoms with van der Waals surface area (Å²) < 4.78 is 4.64. The van der Waals surface area contributed by atoms with Crippen LogP contribution in [0.25, 0.3) is 99.7 Å². The van der Waals surface area contributed by atoms with E-state index in [-0.39, 0.29) is 0 Å². The molecule has 11 aromatic rings. The zero-order valence-corrected chi connectivity index (χ0v) is 29.3. The maximum Gasteiger partial charge on any atom is 0.145 e. The molecule has 0 unspecified atom stereocenters. The first kappa shape index (κ1) is 30.3. The zero-order chi connectivity index (χ0) is 35.6. The third-order valence-electron chi connectivity index (χ3n) is 10.7. The lowest BCUT2D eigenvalue weighted by molar-refractivity contribution is 1.10. The number of benzene rings is 8. The number of imidazole rings is 1. The van der Waals surface area contributed by atoms with Gasteiger partial charge in [0.1, 0.15) is 5.82 Å². The molecule has 0 atom stereocenters. The summed E-state index contributed by atoms with van der Waals surface area (Å²) >= 11 is 0. The molecule has 0 saturated heterocycles. The van der Waals surface area contributed by atoms with Gasteiger partial charge in [-0.05, 0) is 77.2 Å². The summed E-state index contributed by atoms with van der Waals surface area (Å²) in [7, 11) is 0. The summed E-state index contributed by atoms with van der Waals surface area (Å²) in [6, 6.07) is 68.9. The highest BCUT2D eigenvalue weighted by molar-refractivity contribution is 6.28. The topological polar surface area (TPSA) is 35.6 Å². The SMILES string of the molecule is c1ccc(-c2nc3ccccc3n2-c2ccc(-c3cccc(-c4nc5ccccc5c5ccc6c(c7ccccc7n6-c6ccccc6)c45)c3)cc2)cc1. The molecule has 0 fully saturated rings. The van der Waals surface area contributed by atoms with E-state index in [1.165, 1.54) is 32.6 Å². The van der Waals surface area contributed by atoms with Gasteiger partial charge in [-0.2, -0.15) is 0 Å². The third-order valence-corrected chi connectivity index (χ3v) is 10.7. The Hall–Kier alpha value is -7.30. The number of hydrogen-bond donors (Lipinski definition) is 0. The molecule has 0 spiro atoms. The summed E-state index contributed by atoms with van der Waals surface area (Å²) in [6.45, 7) is 0. The van der Waals surface area contributed by atoms with Gasteiger partial charge >= 0.3 is 0 Å². The van der Waals surface area contributed by atoms with Crippen LogP contribution in [-0.4, -0.2) is 19.1 Å². The number of nitrogens with zero attached hydrogens (tertiary/aromatic N) is 4. The number of aromatic nitrogens is 4. The van der Waals surface area contributed by atoms with Crippen LogP contribution >= 0.6 is 0 Å². The fraction of sp³-hybridized carbons (Fsp3) is 0. The molecule has 11 rings (SSSR count). The van der Waals surface area contributed by atoms with E-state index in [1.807, 2.05) is 12.1 Å². The molecule has 4 nitrogen and oxygen atoms in total. The lowest BCUT2D eigenvalue weighted by atomic mass is 9.94. The summed E-state index contributed by atoms with van der Waals surface area (Å²) in [5.41, 5.74) is 13.0. The molecular weight excluding hydrogens is 657 g/mol. The Bertz CT molecular complexity index is 3190. The van der Waals surface area contributed by atoms with Gasteiger partial charge in [-0.25, -0.2) is 9.97 Å². The van der Waals surface area contributed by atoms with Crippen molar-refractivity contribution in [3.05, 3.63) is 194 Å². The third kappa shape index (κ3) is 4.70. The molecule has 0 aliphatic heterocycles. The van der Waals surface area contributed by atoms with E-state index >= 15 is 0 Å². The van der Waals surface area contributed by atoms with Gasteiger partial charge < -0.3 is 4.57 Å². The molecule has 252 valence electrons. The van der Waals surface area contributed by atoms with Crippen molar-refractivity contribution < 1.29 is 0 Å². The number of fused-ring (bicyclic) bond motifs is 8. The van der Waals surface area contributed by atoms with E-state index in [0.29, 0.717) is 0 Å². The lowest BCUT2D eigenvalue weighted by Gasteiger charge is -2.14. The lowest BCUT2D eigenvalue weighted by Crippen LogP contribution is -1.97. The van der Waals surface area contributed by atoms with Crippen LogP contribution in [0.15, 0.2) is 194 Å². The van der Waals surface area contributed by atoms with Crippen molar-refractivity contribution in [3.8, 4) is 45.1 Å². The predicted molar refractivity (Wildman–Crippen MR) is 225 cm³/mol. The first-order valence-electron chi connectivity index (χ1n) is 18.3. The Morgan fingerprint density at radius 2 is 0.944 bits per heavy atom. The van der Waals surface area contributed by atoms with E-state index in [2.05, 4.69) is 191 Å². The average molecular weight is 689 g/mol. The van der Waals surface area contributed by atoms with E-state index in [9.17, 15) is 0 Å². The summed E-state index contributed by atoms with van der Waals surface area (Å²) in [5.74, 6) is 0.931. The van der Waals surface area contributed by atoms with Gasteiger partial charge in [-0.15, -0.1) is 0 Å². The van der Waals surface area contributed by atoms with Crippen molar-refractivity contribution >= 4 is 54.5 Å². The summed E-state index contributed by atoms with van der Waals surface area (Å²) in [5, 5.41) is 5.97. The first-order valence-corrected chi connectivity index (χ1v) is 18.3. The van der Waals surface area contributed by atoms with Gasteiger partial charge in [0.2, 0.25) is 0 Å². The van der Waals surface area contributed by atoms with E-state index in [4.69, 9.17) is 9.97 Å². The quantitative estimate of drug-likeness (QED) is 0.169. The number of para-hydroxylation sites is 5. The molecule has 0 bridgehead atoms. The number of hydrogen-bond acceptors (Lipinski definition) is 2. The van der Waals surface area contributed by atoms with Crippen LogP contribution in [0.1, 0.15) is 0 Å². The summed E-state index contributed by atoms with van der Waals surface area (Å²) in [4.78, 5) is 10.5.